The Morgan fingerprint density at radius 2 is 1.84 bits per heavy atom. The van der Waals surface area contributed by atoms with E-state index in [1.165, 1.54) is 12.1 Å². The second kappa shape index (κ2) is 5.34. The van der Waals surface area contributed by atoms with Gasteiger partial charge in [0.2, 0.25) is 0 Å². The number of hydrogen-bond acceptors (Lipinski definition) is 5. The monoisotopic (exact) mass is 261 g/mol. The first kappa shape index (κ1) is 12.8. The highest BCUT2D eigenvalue weighted by Crippen LogP contribution is 2.17. The number of hydrogen-bond donors (Lipinski definition) is 1. The van der Waals surface area contributed by atoms with Crippen LogP contribution in [0.2, 0.25) is 0 Å². The second-order valence-electron chi connectivity index (χ2n) is 3.88. The fraction of sp³-hybridized carbons (Fsp3) is 0.154. The van der Waals surface area contributed by atoms with E-state index < -0.39 is 17.8 Å². The Morgan fingerprint density at radius 1 is 1.21 bits per heavy atom. The maximum absolute atomic E-state index is 11.4. The molecular weight excluding hydrogens is 250 g/mol. The molecule has 0 unspecified atom stereocenters. The molecule has 0 aliphatic carbocycles. The molecule has 0 bridgehead atoms. The Balaban J connectivity index is 2.00. The van der Waals surface area contributed by atoms with E-state index in [1.807, 2.05) is 0 Å². The minimum atomic E-state index is -0.855. The number of phenols is 1. The van der Waals surface area contributed by atoms with Crippen molar-refractivity contribution in [1.29, 1.82) is 0 Å². The van der Waals surface area contributed by atoms with Gasteiger partial charge in [0.15, 0.2) is 0 Å². The summed E-state index contributed by atoms with van der Waals surface area (Å²) in [6, 6.07) is 6.41. The summed E-state index contributed by atoms with van der Waals surface area (Å²) in [5, 5.41) is 9.94. The third-order valence-corrected chi connectivity index (χ3v) is 2.52. The Kier molecular flexibility index (Phi) is 3.61. The van der Waals surface area contributed by atoms with E-state index in [9.17, 15) is 19.5 Å². The van der Waals surface area contributed by atoms with Gasteiger partial charge in [0, 0.05) is 24.5 Å². The standard InChI is InChI=1S/C13H11NO5/c15-10-4-2-1-3-9(10)5-8-13(18)19-14-11(16)6-7-12(14)17/h1-5,8,15H,6-7H2. The summed E-state index contributed by atoms with van der Waals surface area (Å²) in [7, 11) is 0. The number of para-hydroxylation sites is 1. The maximum atomic E-state index is 11.4. The van der Waals surface area contributed by atoms with Gasteiger partial charge in [-0.3, -0.25) is 9.59 Å². The smallest absolute Gasteiger partial charge is 0.356 e. The van der Waals surface area contributed by atoms with Crippen LogP contribution < -0.4 is 0 Å². The van der Waals surface area contributed by atoms with Crippen molar-refractivity contribution in [3.05, 3.63) is 35.9 Å². The van der Waals surface area contributed by atoms with Crippen molar-refractivity contribution in [2.45, 2.75) is 12.8 Å². The average Bonchev–Trinajstić information content (AvgIpc) is 2.70. The van der Waals surface area contributed by atoms with Crippen LogP contribution >= 0.6 is 0 Å². The highest BCUT2D eigenvalue weighted by molar-refractivity contribution is 6.02. The third kappa shape index (κ3) is 2.98. The molecule has 6 heteroatoms. The summed E-state index contributed by atoms with van der Waals surface area (Å²) in [6.07, 6.45) is 2.47. The highest BCUT2D eigenvalue weighted by atomic mass is 16.7. The first-order valence-corrected chi connectivity index (χ1v) is 5.62. The van der Waals surface area contributed by atoms with Crippen molar-refractivity contribution in [1.82, 2.24) is 5.06 Å². The van der Waals surface area contributed by atoms with E-state index in [0.29, 0.717) is 10.6 Å². The minimum absolute atomic E-state index is 0.0138. The molecule has 1 aromatic rings. The van der Waals surface area contributed by atoms with E-state index in [1.54, 1.807) is 18.2 Å². The molecule has 0 aromatic heterocycles. The number of benzene rings is 1. The van der Waals surface area contributed by atoms with Crippen molar-refractivity contribution in [2.75, 3.05) is 0 Å². The van der Waals surface area contributed by atoms with Gasteiger partial charge < -0.3 is 9.94 Å². The van der Waals surface area contributed by atoms with E-state index >= 15 is 0 Å². The fourth-order valence-electron chi connectivity index (χ4n) is 1.56. The van der Waals surface area contributed by atoms with Gasteiger partial charge in [0.05, 0.1) is 0 Å². The van der Waals surface area contributed by atoms with E-state index in [0.717, 1.165) is 6.08 Å². The molecule has 1 aromatic carbocycles. The van der Waals surface area contributed by atoms with Gasteiger partial charge in [-0.2, -0.15) is 0 Å². The van der Waals surface area contributed by atoms with Gasteiger partial charge in [-0.25, -0.2) is 4.79 Å². The van der Waals surface area contributed by atoms with Gasteiger partial charge in [0.25, 0.3) is 11.8 Å². The zero-order valence-corrected chi connectivity index (χ0v) is 9.91. The number of aromatic hydroxyl groups is 1. The van der Waals surface area contributed by atoms with Crippen molar-refractivity contribution in [3.8, 4) is 5.75 Å². The number of hydroxylamine groups is 2. The molecule has 1 aliphatic heterocycles. The summed E-state index contributed by atoms with van der Waals surface area (Å²) in [6.45, 7) is 0. The maximum Gasteiger partial charge on any atom is 0.356 e. The molecule has 1 N–H and O–H groups in total. The van der Waals surface area contributed by atoms with Crippen LogP contribution in [0.5, 0.6) is 5.75 Å². The quantitative estimate of drug-likeness (QED) is 0.648. The Bertz CT molecular complexity index is 548. The SMILES string of the molecule is O=C(C=Cc1ccccc1O)ON1C(=O)CCC1=O. The number of nitrogens with zero attached hydrogens (tertiary/aromatic N) is 1. The topological polar surface area (TPSA) is 83.9 Å². The second-order valence-corrected chi connectivity index (χ2v) is 3.88. The van der Waals surface area contributed by atoms with Gasteiger partial charge in [-0.1, -0.05) is 18.2 Å². The molecule has 1 heterocycles. The summed E-state index contributed by atoms with van der Waals surface area (Å²) in [4.78, 5) is 38.5. The first-order chi connectivity index (χ1) is 9.08. The lowest BCUT2D eigenvalue weighted by atomic mass is 10.2. The largest absolute Gasteiger partial charge is 0.507 e. The lowest BCUT2D eigenvalue weighted by molar-refractivity contribution is -0.193. The molecule has 0 atom stereocenters. The molecule has 0 radical (unpaired) electrons. The Labute approximate surface area is 108 Å². The number of rotatable bonds is 3. The molecule has 1 fully saturated rings. The Hall–Kier alpha value is -2.63. The Morgan fingerprint density at radius 3 is 2.47 bits per heavy atom. The van der Waals surface area contributed by atoms with Gasteiger partial charge in [-0.05, 0) is 12.1 Å². The molecule has 1 aliphatic rings. The van der Waals surface area contributed by atoms with Crippen LogP contribution in [-0.4, -0.2) is 28.0 Å². The normalized spacial score (nSPS) is 15.3. The third-order valence-electron chi connectivity index (χ3n) is 2.52. The van der Waals surface area contributed by atoms with Crippen molar-refractivity contribution >= 4 is 23.9 Å². The molecular formula is C13H11NO5. The molecule has 19 heavy (non-hydrogen) atoms. The van der Waals surface area contributed by atoms with Crippen LogP contribution in [0.4, 0.5) is 0 Å². The predicted molar refractivity (Wildman–Crippen MR) is 64.3 cm³/mol. The number of imide groups is 1. The molecule has 2 amide bonds. The lowest BCUT2D eigenvalue weighted by Gasteiger charge is -2.10. The van der Waals surface area contributed by atoms with Gasteiger partial charge in [-0.15, -0.1) is 5.06 Å². The minimum Gasteiger partial charge on any atom is -0.507 e. The predicted octanol–water partition coefficient (Wildman–Crippen LogP) is 1.01. The van der Waals surface area contributed by atoms with E-state index in [-0.39, 0.29) is 18.6 Å². The summed E-state index contributed by atoms with van der Waals surface area (Å²) < 4.78 is 0. The average molecular weight is 261 g/mol. The molecule has 2 rings (SSSR count). The molecule has 0 spiro atoms. The molecule has 6 nitrogen and oxygen atoms in total. The summed E-state index contributed by atoms with van der Waals surface area (Å²) >= 11 is 0. The van der Waals surface area contributed by atoms with Crippen molar-refractivity contribution < 1.29 is 24.3 Å². The number of amides is 2. The van der Waals surface area contributed by atoms with Crippen LogP contribution in [0.3, 0.4) is 0 Å². The fourth-order valence-corrected chi connectivity index (χ4v) is 1.56. The van der Waals surface area contributed by atoms with Crippen LogP contribution in [-0.2, 0) is 19.2 Å². The number of carbonyl (C=O) groups excluding carboxylic acids is 3. The van der Waals surface area contributed by atoms with Crippen molar-refractivity contribution in [2.24, 2.45) is 0 Å². The zero-order valence-electron chi connectivity index (χ0n) is 9.91. The first-order valence-electron chi connectivity index (χ1n) is 5.62. The van der Waals surface area contributed by atoms with Crippen LogP contribution in [0, 0.1) is 0 Å². The van der Waals surface area contributed by atoms with Gasteiger partial charge >= 0.3 is 5.97 Å². The lowest BCUT2D eigenvalue weighted by Crippen LogP contribution is -2.31. The van der Waals surface area contributed by atoms with Crippen LogP contribution in [0.25, 0.3) is 6.08 Å². The summed E-state index contributed by atoms with van der Waals surface area (Å²) in [5.74, 6) is -1.91. The number of carbonyl (C=O) groups is 3. The highest BCUT2D eigenvalue weighted by Gasteiger charge is 2.32. The number of phenolic OH excluding ortho intramolecular Hbond substituents is 1. The summed E-state index contributed by atoms with van der Waals surface area (Å²) in [5.41, 5.74) is 0.429. The van der Waals surface area contributed by atoms with Gasteiger partial charge in [0.1, 0.15) is 5.75 Å². The molecule has 98 valence electrons. The van der Waals surface area contributed by atoms with E-state index in [2.05, 4.69) is 4.84 Å². The zero-order chi connectivity index (χ0) is 13.8. The van der Waals surface area contributed by atoms with Crippen molar-refractivity contribution in [3.63, 3.8) is 0 Å². The van der Waals surface area contributed by atoms with Crippen LogP contribution in [0.15, 0.2) is 30.3 Å². The molecule has 0 saturated carbocycles. The van der Waals surface area contributed by atoms with Crippen LogP contribution in [0.1, 0.15) is 18.4 Å². The van der Waals surface area contributed by atoms with E-state index in [4.69, 9.17) is 0 Å². The molecule has 1 saturated heterocycles.